The van der Waals surface area contributed by atoms with E-state index in [4.69, 9.17) is 11.6 Å². The fourth-order valence-electron chi connectivity index (χ4n) is 1.31. The number of aromatic nitrogens is 2. The van der Waals surface area contributed by atoms with E-state index in [0.29, 0.717) is 10.6 Å². The number of hydrogen-bond donors (Lipinski definition) is 0. The first kappa shape index (κ1) is 12.9. The molecule has 0 spiro atoms. The molecule has 1 aromatic carbocycles. The maximum Gasteiger partial charge on any atom is 0.152 e. The van der Waals surface area contributed by atoms with E-state index >= 15 is 0 Å². The first-order valence-electron chi connectivity index (χ1n) is 5.05. The van der Waals surface area contributed by atoms with Gasteiger partial charge in [0.1, 0.15) is 5.01 Å². The minimum atomic E-state index is -0.445. The second-order valence-electron chi connectivity index (χ2n) is 3.42. The second-order valence-corrected chi connectivity index (χ2v) is 5.94. The van der Waals surface area contributed by atoms with E-state index < -0.39 is 5.82 Å². The summed E-state index contributed by atoms with van der Waals surface area (Å²) in [5.74, 6) is -0.445. The summed E-state index contributed by atoms with van der Waals surface area (Å²) in [7, 11) is 0. The lowest BCUT2D eigenvalue weighted by molar-refractivity contribution is 0.631. The molecule has 0 bridgehead atoms. The highest BCUT2D eigenvalue weighted by molar-refractivity contribution is 9.09. The predicted octanol–water partition coefficient (Wildman–Crippen LogP) is 4.84. The molecule has 0 amide bonds. The van der Waals surface area contributed by atoms with E-state index in [2.05, 4.69) is 26.1 Å². The van der Waals surface area contributed by atoms with Crippen molar-refractivity contribution in [3.63, 3.8) is 0 Å². The van der Waals surface area contributed by atoms with Crippen molar-refractivity contribution in [2.75, 3.05) is 0 Å². The number of rotatable bonds is 3. The largest absolute Gasteiger partial charge is 0.205 e. The van der Waals surface area contributed by atoms with Gasteiger partial charge in [0.2, 0.25) is 0 Å². The molecule has 2 aromatic rings. The van der Waals surface area contributed by atoms with Crippen LogP contribution < -0.4 is 0 Å². The Bertz CT molecular complexity index is 532. The van der Waals surface area contributed by atoms with E-state index in [9.17, 15) is 4.39 Å². The van der Waals surface area contributed by atoms with Gasteiger partial charge in [0.15, 0.2) is 10.8 Å². The van der Waals surface area contributed by atoms with Crippen LogP contribution in [0, 0.1) is 5.82 Å². The molecule has 0 saturated carbocycles. The van der Waals surface area contributed by atoms with Crippen LogP contribution in [0.4, 0.5) is 4.39 Å². The molecule has 90 valence electrons. The summed E-state index contributed by atoms with van der Waals surface area (Å²) < 4.78 is 13.8. The maximum absolute atomic E-state index is 13.8. The zero-order valence-corrected chi connectivity index (χ0v) is 12.1. The van der Waals surface area contributed by atoms with Gasteiger partial charge in [-0.25, -0.2) is 4.39 Å². The summed E-state index contributed by atoms with van der Waals surface area (Å²) >= 11 is 10.6. The van der Waals surface area contributed by atoms with Crippen LogP contribution in [0.1, 0.15) is 23.2 Å². The normalized spacial score (nSPS) is 12.7. The first-order chi connectivity index (χ1) is 8.13. The van der Waals surface area contributed by atoms with Crippen LogP contribution in [-0.2, 0) is 0 Å². The second kappa shape index (κ2) is 5.42. The summed E-state index contributed by atoms with van der Waals surface area (Å²) in [6.07, 6.45) is 0.909. The van der Waals surface area contributed by atoms with E-state index in [1.54, 1.807) is 12.1 Å². The van der Waals surface area contributed by atoms with Crippen LogP contribution in [0.3, 0.4) is 0 Å². The quantitative estimate of drug-likeness (QED) is 0.750. The molecule has 0 aliphatic carbocycles. The fraction of sp³-hybridized carbons (Fsp3) is 0.273. The summed E-state index contributed by atoms with van der Waals surface area (Å²) in [6, 6.07) is 4.87. The minimum absolute atomic E-state index is 0.102. The van der Waals surface area contributed by atoms with Crippen molar-refractivity contribution in [2.24, 2.45) is 0 Å². The van der Waals surface area contributed by atoms with Crippen molar-refractivity contribution >= 4 is 38.9 Å². The van der Waals surface area contributed by atoms with Crippen molar-refractivity contribution in [3.8, 4) is 10.6 Å². The van der Waals surface area contributed by atoms with Gasteiger partial charge in [0, 0.05) is 5.56 Å². The summed E-state index contributed by atoms with van der Waals surface area (Å²) in [6.45, 7) is 2.04. The Morgan fingerprint density at radius 1 is 1.47 bits per heavy atom. The van der Waals surface area contributed by atoms with Gasteiger partial charge in [-0.3, -0.25) is 0 Å². The third kappa shape index (κ3) is 2.67. The van der Waals surface area contributed by atoms with E-state index in [0.717, 1.165) is 11.4 Å². The van der Waals surface area contributed by atoms with Crippen LogP contribution in [-0.4, -0.2) is 10.2 Å². The van der Waals surface area contributed by atoms with Gasteiger partial charge < -0.3 is 0 Å². The third-order valence-electron chi connectivity index (χ3n) is 2.25. The summed E-state index contributed by atoms with van der Waals surface area (Å²) in [4.78, 5) is 0.163. The van der Waals surface area contributed by atoms with Crippen molar-refractivity contribution in [2.45, 2.75) is 18.2 Å². The highest BCUT2D eigenvalue weighted by atomic mass is 79.9. The highest BCUT2D eigenvalue weighted by Gasteiger charge is 2.16. The Kier molecular flexibility index (Phi) is 4.12. The molecule has 0 radical (unpaired) electrons. The highest BCUT2D eigenvalue weighted by Crippen LogP contribution is 2.34. The molecule has 2 rings (SSSR count). The number of benzene rings is 1. The molecule has 0 fully saturated rings. The van der Waals surface area contributed by atoms with Gasteiger partial charge in [-0.05, 0) is 18.6 Å². The molecule has 2 nitrogen and oxygen atoms in total. The standard InChI is InChI=1S/C11H9BrClFN2S/c1-2-7(12)11-16-15-10(17-11)6-4-3-5-8(13)9(6)14/h3-5,7H,2H2,1H3. The molecule has 1 unspecified atom stereocenters. The fourth-order valence-corrected chi connectivity index (χ4v) is 2.78. The van der Waals surface area contributed by atoms with Gasteiger partial charge in [-0.1, -0.05) is 51.9 Å². The minimum Gasteiger partial charge on any atom is -0.205 e. The molecule has 0 aliphatic rings. The van der Waals surface area contributed by atoms with Crippen LogP contribution in [0.15, 0.2) is 18.2 Å². The molecule has 1 aromatic heterocycles. The average Bonchev–Trinajstić information content (AvgIpc) is 2.81. The number of alkyl halides is 1. The molecular weight excluding hydrogens is 327 g/mol. The number of hydrogen-bond acceptors (Lipinski definition) is 3. The van der Waals surface area contributed by atoms with Crippen molar-refractivity contribution in [3.05, 3.63) is 34.0 Å². The number of halogens is 3. The molecular formula is C11H9BrClFN2S. The van der Waals surface area contributed by atoms with Crippen LogP contribution >= 0.6 is 38.9 Å². The number of nitrogens with zero attached hydrogens (tertiary/aromatic N) is 2. The van der Waals surface area contributed by atoms with Crippen LogP contribution in [0.2, 0.25) is 5.02 Å². The molecule has 6 heteroatoms. The van der Waals surface area contributed by atoms with Gasteiger partial charge in [0.25, 0.3) is 0 Å². The SMILES string of the molecule is CCC(Br)c1nnc(-c2cccc(Cl)c2F)s1. The maximum atomic E-state index is 13.8. The zero-order valence-electron chi connectivity index (χ0n) is 8.95. The van der Waals surface area contributed by atoms with E-state index in [1.165, 1.54) is 17.4 Å². The Labute approximate surface area is 116 Å². The van der Waals surface area contributed by atoms with Gasteiger partial charge in [-0.15, -0.1) is 10.2 Å². The Balaban J connectivity index is 2.40. The monoisotopic (exact) mass is 334 g/mol. The van der Waals surface area contributed by atoms with Crippen molar-refractivity contribution < 1.29 is 4.39 Å². The average molecular weight is 336 g/mol. The molecule has 0 saturated heterocycles. The van der Waals surface area contributed by atoms with Crippen LogP contribution in [0.5, 0.6) is 0 Å². The lowest BCUT2D eigenvalue weighted by Crippen LogP contribution is -1.85. The molecule has 1 heterocycles. The lowest BCUT2D eigenvalue weighted by Gasteiger charge is -2.00. The predicted molar refractivity (Wildman–Crippen MR) is 72.3 cm³/mol. The lowest BCUT2D eigenvalue weighted by atomic mass is 10.2. The van der Waals surface area contributed by atoms with Gasteiger partial charge in [0.05, 0.1) is 9.85 Å². The van der Waals surface area contributed by atoms with E-state index in [-0.39, 0.29) is 9.85 Å². The van der Waals surface area contributed by atoms with E-state index in [1.807, 2.05) is 6.92 Å². The Morgan fingerprint density at radius 3 is 2.94 bits per heavy atom. The van der Waals surface area contributed by atoms with Crippen molar-refractivity contribution in [1.29, 1.82) is 0 Å². The van der Waals surface area contributed by atoms with Crippen LogP contribution in [0.25, 0.3) is 10.6 Å². The topological polar surface area (TPSA) is 25.8 Å². The summed E-state index contributed by atoms with van der Waals surface area (Å²) in [5.41, 5.74) is 0.400. The zero-order chi connectivity index (χ0) is 12.4. The third-order valence-corrected chi connectivity index (χ3v) is 5.00. The molecule has 0 aliphatic heterocycles. The molecule has 0 N–H and O–H groups in total. The smallest absolute Gasteiger partial charge is 0.152 e. The molecule has 1 atom stereocenters. The Morgan fingerprint density at radius 2 is 2.24 bits per heavy atom. The summed E-state index contributed by atoms with van der Waals surface area (Å²) in [5, 5.41) is 9.55. The molecule has 17 heavy (non-hydrogen) atoms. The Hall–Kier alpha value is -0.520. The van der Waals surface area contributed by atoms with Gasteiger partial charge >= 0.3 is 0 Å². The first-order valence-corrected chi connectivity index (χ1v) is 7.16. The van der Waals surface area contributed by atoms with Gasteiger partial charge in [-0.2, -0.15) is 0 Å². The van der Waals surface area contributed by atoms with Crippen molar-refractivity contribution in [1.82, 2.24) is 10.2 Å².